The number of carboxylic acids is 1. The van der Waals surface area contributed by atoms with Gasteiger partial charge in [0.05, 0.1) is 17.0 Å². The summed E-state index contributed by atoms with van der Waals surface area (Å²) in [5.41, 5.74) is 4.77. The molecule has 0 saturated carbocycles. The van der Waals surface area contributed by atoms with Gasteiger partial charge in [-0.05, 0) is 24.3 Å². The standard InChI is InChI=1S/C9H10N2O5S/c10-8(12)5-11-17(15,16)7-3-1-6(2-4-7)9(13)14/h1-4,11H,5H2,(H2,10,12)(H,13,14). The summed E-state index contributed by atoms with van der Waals surface area (Å²) < 4.78 is 25.1. The van der Waals surface area contributed by atoms with Gasteiger partial charge in [-0.25, -0.2) is 17.9 Å². The normalized spacial score (nSPS) is 11.1. The van der Waals surface area contributed by atoms with E-state index in [1.807, 2.05) is 4.72 Å². The lowest BCUT2D eigenvalue weighted by Crippen LogP contribution is -2.33. The van der Waals surface area contributed by atoms with Crippen molar-refractivity contribution in [1.82, 2.24) is 4.72 Å². The van der Waals surface area contributed by atoms with Gasteiger partial charge < -0.3 is 10.8 Å². The Balaban J connectivity index is 2.92. The first kappa shape index (κ1) is 13.1. The second kappa shape index (κ2) is 4.93. The van der Waals surface area contributed by atoms with Crippen LogP contribution in [0, 0.1) is 0 Å². The van der Waals surface area contributed by atoms with Gasteiger partial charge in [0, 0.05) is 0 Å². The highest BCUT2D eigenvalue weighted by Crippen LogP contribution is 2.10. The highest BCUT2D eigenvalue weighted by molar-refractivity contribution is 7.89. The summed E-state index contributed by atoms with van der Waals surface area (Å²) in [5.74, 6) is -1.96. The number of hydrogen-bond acceptors (Lipinski definition) is 4. The van der Waals surface area contributed by atoms with Crippen molar-refractivity contribution in [1.29, 1.82) is 0 Å². The number of hydrogen-bond donors (Lipinski definition) is 3. The maximum Gasteiger partial charge on any atom is 0.335 e. The van der Waals surface area contributed by atoms with Crippen LogP contribution in [-0.2, 0) is 14.8 Å². The van der Waals surface area contributed by atoms with Crippen LogP contribution in [0.1, 0.15) is 10.4 Å². The zero-order valence-corrected chi connectivity index (χ0v) is 9.40. The molecule has 0 bridgehead atoms. The highest BCUT2D eigenvalue weighted by Gasteiger charge is 2.15. The van der Waals surface area contributed by atoms with Gasteiger partial charge in [0.15, 0.2) is 0 Å². The molecule has 0 aromatic heterocycles. The number of sulfonamides is 1. The van der Waals surface area contributed by atoms with Crippen LogP contribution in [0.2, 0.25) is 0 Å². The molecular formula is C9H10N2O5S. The molecule has 1 aromatic carbocycles. The van der Waals surface area contributed by atoms with Crippen LogP contribution in [0.25, 0.3) is 0 Å². The van der Waals surface area contributed by atoms with Gasteiger partial charge in [0.2, 0.25) is 15.9 Å². The van der Waals surface area contributed by atoms with Gasteiger partial charge in [-0.15, -0.1) is 0 Å². The van der Waals surface area contributed by atoms with E-state index < -0.39 is 28.4 Å². The van der Waals surface area contributed by atoms with Crippen LogP contribution in [0.3, 0.4) is 0 Å². The number of nitrogens with two attached hydrogens (primary N) is 1. The maximum absolute atomic E-state index is 11.6. The predicted octanol–water partition coefficient (Wildman–Crippen LogP) is -0.852. The van der Waals surface area contributed by atoms with Crippen LogP contribution < -0.4 is 10.5 Å². The van der Waals surface area contributed by atoms with E-state index in [-0.39, 0.29) is 10.5 Å². The number of nitrogens with one attached hydrogen (secondary N) is 1. The van der Waals surface area contributed by atoms with Gasteiger partial charge in [-0.1, -0.05) is 0 Å². The molecule has 8 heteroatoms. The molecule has 1 amide bonds. The lowest BCUT2D eigenvalue weighted by atomic mass is 10.2. The summed E-state index contributed by atoms with van der Waals surface area (Å²) in [7, 11) is -3.84. The third kappa shape index (κ3) is 3.54. The predicted molar refractivity (Wildman–Crippen MR) is 57.8 cm³/mol. The van der Waals surface area contributed by atoms with E-state index in [9.17, 15) is 18.0 Å². The molecule has 0 aliphatic heterocycles. The van der Waals surface area contributed by atoms with Gasteiger partial charge in [0.1, 0.15) is 0 Å². The quantitative estimate of drug-likeness (QED) is 0.634. The van der Waals surface area contributed by atoms with Crippen LogP contribution >= 0.6 is 0 Å². The summed E-state index contributed by atoms with van der Waals surface area (Å²) in [6.45, 7) is -0.511. The molecule has 0 unspecified atom stereocenters. The number of primary amides is 1. The van der Waals surface area contributed by atoms with Crippen LogP contribution in [-0.4, -0.2) is 31.9 Å². The molecule has 0 saturated heterocycles. The third-order valence-electron chi connectivity index (χ3n) is 1.85. The molecule has 7 nitrogen and oxygen atoms in total. The zero-order chi connectivity index (χ0) is 13.1. The molecule has 4 N–H and O–H groups in total. The average molecular weight is 258 g/mol. The number of amides is 1. The van der Waals surface area contributed by atoms with Crippen molar-refractivity contribution in [2.24, 2.45) is 5.73 Å². The Morgan fingerprint density at radius 2 is 1.76 bits per heavy atom. The molecule has 0 fully saturated rings. The second-order valence-electron chi connectivity index (χ2n) is 3.12. The zero-order valence-electron chi connectivity index (χ0n) is 8.58. The van der Waals surface area contributed by atoms with E-state index >= 15 is 0 Å². The van der Waals surface area contributed by atoms with E-state index in [2.05, 4.69) is 0 Å². The minimum absolute atomic E-state index is 0.0288. The fourth-order valence-electron chi connectivity index (χ4n) is 1.03. The van der Waals surface area contributed by atoms with E-state index in [1.165, 1.54) is 0 Å². The van der Waals surface area contributed by atoms with Crippen LogP contribution in [0.4, 0.5) is 0 Å². The number of carboxylic acid groups (broad SMARTS) is 1. The Hall–Kier alpha value is -1.93. The van der Waals surface area contributed by atoms with Crippen molar-refractivity contribution < 1.29 is 23.1 Å². The molecule has 0 aliphatic carbocycles. The molecule has 0 radical (unpaired) electrons. The van der Waals surface area contributed by atoms with Crippen molar-refractivity contribution in [2.45, 2.75) is 4.90 Å². The van der Waals surface area contributed by atoms with Gasteiger partial charge in [-0.2, -0.15) is 0 Å². The third-order valence-corrected chi connectivity index (χ3v) is 3.27. The summed E-state index contributed by atoms with van der Waals surface area (Å²) in [6.07, 6.45) is 0. The summed E-state index contributed by atoms with van der Waals surface area (Å²) in [5, 5.41) is 8.63. The number of benzene rings is 1. The molecule has 92 valence electrons. The van der Waals surface area contributed by atoms with Crippen LogP contribution in [0.5, 0.6) is 0 Å². The van der Waals surface area contributed by atoms with E-state index in [4.69, 9.17) is 10.8 Å². The Morgan fingerprint density at radius 3 is 2.18 bits per heavy atom. The SMILES string of the molecule is NC(=O)CNS(=O)(=O)c1ccc(C(=O)O)cc1. The number of aromatic carboxylic acids is 1. The topological polar surface area (TPSA) is 127 Å². The molecule has 17 heavy (non-hydrogen) atoms. The molecule has 1 aromatic rings. The minimum Gasteiger partial charge on any atom is -0.478 e. The van der Waals surface area contributed by atoms with Crippen molar-refractivity contribution in [3.8, 4) is 0 Å². The smallest absolute Gasteiger partial charge is 0.335 e. The lowest BCUT2D eigenvalue weighted by Gasteiger charge is -2.04. The maximum atomic E-state index is 11.6. The first-order chi connectivity index (χ1) is 7.83. The van der Waals surface area contributed by atoms with E-state index in [0.29, 0.717) is 0 Å². The van der Waals surface area contributed by atoms with E-state index in [1.54, 1.807) is 0 Å². The summed E-state index contributed by atoms with van der Waals surface area (Å²) in [4.78, 5) is 20.9. The largest absolute Gasteiger partial charge is 0.478 e. The number of carbonyl (C=O) groups excluding carboxylic acids is 1. The second-order valence-corrected chi connectivity index (χ2v) is 4.89. The Bertz CT molecular complexity index is 535. The minimum atomic E-state index is -3.84. The Kier molecular flexibility index (Phi) is 3.81. The molecular weight excluding hydrogens is 248 g/mol. The Morgan fingerprint density at radius 1 is 1.24 bits per heavy atom. The summed E-state index contributed by atoms with van der Waals surface area (Å²) >= 11 is 0. The fourth-order valence-corrected chi connectivity index (χ4v) is 2.02. The van der Waals surface area contributed by atoms with Gasteiger partial charge in [0.25, 0.3) is 0 Å². The number of carbonyl (C=O) groups is 2. The molecule has 0 atom stereocenters. The molecule has 0 spiro atoms. The van der Waals surface area contributed by atoms with Crippen LogP contribution in [0.15, 0.2) is 29.2 Å². The fraction of sp³-hybridized carbons (Fsp3) is 0.111. The van der Waals surface area contributed by atoms with Gasteiger partial charge >= 0.3 is 5.97 Å². The molecule has 0 heterocycles. The first-order valence-corrected chi connectivity index (χ1v) is 5.92. The lowest BCUT2D eigenvalue weighted by molar-refractivity contribution is -0.116. The average Bonchev–Trinajstić information content (AvgIpc) is 2.27. The van der Waals surface area contributed by atoms with E-state index in [0.717, 1.165) is 24.3 Å². The monoisotopic (exact) mass is 258 g/mol. The first-order valence-electron chi connectivity index (χ1n) is 4.44. The molecule has 1 rings (SSSR count). The molecule has 0 aliphatic rings. The Labute approximate surface area is 97.3 Å². The number of rotatable bonds is 5. The summed E-state index contributed by atoms with van der Waals surface area (Å²) in [6, 6.07) is 4.57. The van der Waals surface area contributed by atoms with Gasteiger partial charge in [-0.3, -0.25) is 4.79 Å². The van der Waals surface area contributed by atoms with Crippen molar-refractivity contribution in [2.75, 3.05) is 6.54 Å². The highest BCUT2D eigenvalue weighted by atomic mass is 32.2. The van der Waals surface area contributed by atoms with Crippen molar-refractivity contribution >= 4 is 21.9 Å². The van der Waals surface area contributed by atoms with Crippen molar-refractivity contribution in [3.63, 3.8) is 0 Å². The van der Waals surface area contributed by atoms with Crippen molar-refractivity contribution in [3.05, 3.63) is 29.8 Å².